The van der Waals surface area contributed by atoms with Crippen LogP contribution in [-0.4, -0.2) is 37.5 Å². The highest BCUT2D eigenvalue weighted by Crippen LogP contribution is 2.26. The van der Waals surface area contributed by atoms with Gasteiger partial charge in [0.25, 0.3) is 0 Å². The van der Waals surface area contributed by atoms with Crippen molar-refractivity contribution in [3.63, 3.8) is 0 Å². The average Bonchev–Trinajstić information content (AvgIpc) is 2.61. The Bertz CT molecular complexity index is 616. The van der Waals surface area contributed by atoms with E-state index < -0.39 is 0 Å². The standard InChI is InChI=1S/C19H21NOS/c1-22-18-9-7-17(8-10-18)19(16-5-3-2-4-6-16)15-20-11-13-21-14-12-20/h2-10,15H,11-14H2,1H3/b19-15+. The summed E-state index contributed by atoms with van der Waals surface area (Å²) in [5, 5.41) is 0. The first-order chi connectivity index (χ1) is 10.9. The molecule has 22 heavy (non-hydrogen) atoms. The first-order valence-electron chi connectivity index (χ1n) is 7.60. The molecule has 1 aliphatic rings. The van der Waals surface area contributed by atoms with Gasteiger partial charge in [-0.05, 0) is 29.5 Å². The molecule has 3 heteroatoms. The number of nitrogens with zero attached hydrogens (tertiary/aromatic N) is 1. The number of benzene rings is 2. The van der Waals surface area contributed by atoms with Gasteiger partial charge >= 0.3 is 0 Å². The Balaban J connectivity index is 1.96. The molecule has 0 atom stereocenters. The van der Waals surface area contributed by atoms with E-state index in [1.165, 1.54) is 21.6 Å². The molecule has 0 bridgehead atoms. The summed E-state index contributed by atoms with van der Waals surface area (Å²) in [5.41, 5.74) is 3.79. The SMILES string of the molecule is CSc1ccc(/C(=C/N2CCOCC2)c2ccccc2)cc1. The zero-order valence-electron chi connectivity index (χ0n) is 12.9. The second kappa shape index (κ2) is 7.52. The van der Waals surface area contributed by atoms with Crippen LogP contribution in [0.15, 0.2) is 65.7 Å². The molecule has 1 heterocycles. The fourth-order valence-electron chi connectivity index (χ4n) is 2.59. The molecular formula is C19H21NOS. The normalized spacial score (nSPS) is 15.9. The maximum atomic E-state index is 5.45. The van der Waals surface area contributed by atoms with Gasteiger partial charge in [0.05, 0.1) is 13.2 Å². The summed E-state index contributed by atoms with van der Waals surface area (Å²) >= 11 is 1.77. The van der Waals surface area contributed by atoms with E-state index in [4.69, 9.17) is 4.74 Å². The molecule has 1 saturated heterocycles. The first kappa shape index (κ1) is 15.2. The summed E-state index contributed by atoms with van der Waals surface area (Å²) in [6.07, 6.45) is 4.39. The molecule has 2 aromatic carbocycles. The highest BCUT2D eigenvalue weighted by Gasteiger charge is 2.11. The van der Waals surface area contributed by atoms with Crippen LogP contribution < -0.4 is 0 Å². The van der Waals surface area contributed by atoms with Crippen molar-refractivity contribution in [2.24, 2.45) is 0 Å². The number of thioether (sulfide) groups is 1. The van der Waals surface area contributed by atoms with Crippen molar-refractivity contribution >= 4 is 17.3 Å². The third kappa shape index (κ3) is 3.73. The van der Waals surface area contributed by atoms with Gasteiger partial charge in [-0.1, -0.05) is 42.5 Å². The topological polar surface area (TPSA) is 12.5 Å². The number of hydrogen-bond acceptors (Lipinski definition) is 3. The minimum Gasteiger partial charge on any atom is -0.378 e. The predicted molar refractivity (Wildman–Crippen MR) is 94.1 cm³/mol. The largest absolute Gasteiger partial charge is 0.378 e. The summed E-state index contributed by atoms with van der Waals surface area (Å²) in [6.45, 7) is 3.53. The van der Waals surface area contributed by atoms with Crippen molar-refractivity contribution < 1.29 is 4.74 Å². The van der Waals surface area contributed by atoms with Gasteiger partial charge in [-0.25, -0.2) is 0 Å². The van der Waals surface area contributed by atoms with E-state index in [1.54, 1.807) is 11.8 Å². The van der Waals surface area contributed by atoms with Crippen LogP contribution in [0.5, 0.6) is 0 Å². The Kier molecular flexibility index (Phi) is 5.20. The predicted octanol–water partition coefficient (Wildman–Crippen LogP) is 4.13. The van der Waals surface area contributed by atoms with Crippen molar-refractivity contribution in [2.45, 2.75) is 4.90 Å². The van der Waals surface area contributed by atoms with Gasteiger partial charge in [-0.3, -0.25) is 0 Å². The molecule has 0 unspecified atom stereocenters. The van der Waals surface area contributed by atoms with Crippen LogP contribution in [-0.2, 0) is 4.74 Å². The summed E-state index contributed by atoms with van der Waals surface area (Å²) in [4.78, 5) is 3.65. The molecule has 2 nitrogen and oxygen atoms in total. The lowest BCUT2D eigenvalue weighted by Crippen LogP contribution is -2.32. The summed E-state index contributed by atoms with van der Waals surface area (Å²) in [7, 11) is 0. The lowest BCUT2D eigenvalue weighted by molar-refractivity contribution is 0.0596. The number of ether oxygens (including phenoxy) is 1. The maximum Gasteiger partial charge on any atom is 0.0642 e. The maximum absolute atomic E-state index is 5.45. The Labute approximate surface area is 136 Å². The van der Waals surface area contributed by atoms with E-state index in [0.717, 1.165) is 26.3 Å². The van der Waals surface area contributed by atoms with Crippen LogP contribution in [0, 0.1) is 0 Å². The Morgan fingerprint density at radius 3 is 2.23 bits per heavy atom. The van der Waals surface area contributed by atoms with E-state index in [2.05, 4.69) is 72.0 Å². The lowest BCUT2D eigenvalue weighted by atomic mass is 9.99. The van der Waals surface area contributed by atoms with Gasteiger partial charge in [-0.15, -0.1) is 11.8 Å². The Morgan fingerprint density at radius 2 is 1.59 bits per heavy atom. The van der Waals surface area contributed by atoms with E-state index in [-0.39, 0.29) is 0 Å². The van der Waals surface area contributed by atoms with Crippen molar-refractivity contribution in [3.8, 4) is 0 Å². The van der Waals surface area contributed by atoms with Gasteiger partial charge in [0.15, 0.2) is 0 Å². The van der Waals surface area contributed by atoms with Gasteiger partial charge in [0.1, 0.15) is 0 Å². The molecule has 0 saturated carbocycles. The number of morpholine rings is 1. The van der Waals surface area contributed by atoms with Crippen molar-refractivity contribution in [2.75, 3.05) is 32.6 Å². The molecule has 0 radical (unpaired) electrons. The molecule has 0 aromatic heterocycles. The zero-order chi connectivity index (χ0) is 15.2. The molecule has 0 amide bonds. The molecule has 0 aliphatic carbocycles. The van der Waals surface area contributed by atoms with Crippen LogP contribution in [0.4, 0.5) is 0 Å². The van der Waals surface area contributed by atoms with Gasteiger partial charge in [0, 0.05) is 29.8 Å². The zero-order valence-corrected chi connectivity index (χ0v) is 13.7. The van der Waals surface area contributed by atoms with E-state index in [1.807, 2.05) is 0 Å². The number of hydrogen-bond donors (Lipinski definition) is 0. The fraction of sp³-hybridized carbons (Fsp3) is 0.263. The summed E-state index contributed by atoms with van der Waals surface area (Å²) in [6, 6.07) is 19.4. The molecule has 114 valence electrons. The second-order valence-corrected chi connectivity index (χ2v) is 6.17. The third-order valence-electron chi connectivity index (χ3n) is 3.84. The second-order valence-electron chi connectivity index (χ2n) is 5.29. The molecule has 1 aliphatic heterocycles. The van der Waals surface area contributed by atoms with E-state index in [9.17, 15) is 0 Å². The molecule has 0 N–H and O–H groups in total. The quantitative estimate of drug-likeness (QED) is 0.788. The minimum atomic E-state index is 0.810. The van der Waals surface area contributed by atoms with E-state index in [0.29, 0.717) is 0 Å². The van der Waals surface area contributed by atoms with Gasteiger partial charge in [0.2, 0.25) is 0 Å². The lowest BCUT2D eigenvalue weighted by Gasteiger charge is -2.26. The van der Waals surface area contributed by atoms with E-state index >= 15 is 0 Å². The highest BCUT2D eigenvalue weighted by molar-refractivity contribution is 7.98. The Morgan fingerprint density at radius 1 is 0.955 bits per heavy atom. The van der Waals surface area contributed by atoms with Gasteiger partial charge < -0.3 is 9.64 Å². The summed E-state index contributed by atoms with van der Waals surface area (Å²) < 4.78 is 5.45. The molecule has 0 spiro atoms. The Hall–Kier alpha value is -1.71. The number of rotatable bonds is 4. The molecule has 3 rings (SSSR count). The van der Waals surface area contributed by atoms with Crippen molar-refractivity contribution in [1.29, 1.82) is 0 Å². The smallest absolute Gasteiger partial charge is 0.0642 e. The monoisotopic (exact) mass is 311 g/mol. The van der Waals surface area contributed by atoms with Crippen molar-refractivity contribution in [1.82, 2.24) is 4.90 Å². The van der Waals surface area contributed by atoms with Crippen LogP contribution in [0.1, 0.15) is 11.1 Å². The van der Waals surface area contributed by atoms with Gasteiger partial charge in [-0.2, -0.15) is 0 Å². The van der Waals surface area contributed by atoms with Crippen LogP contribution in [0.25, 0.3) is 5.57 Å². The molecule has 2 aromatic rings. The van der Waals surface area contributed by atoms with Crippen LogP contribution in [0.3, 0.4) is 0 Å². The highest BCUT2D eigenvalue weighted by atomic mass is 32.2. The average molecular weight is 311 g/mol. The third-order valence-corrected chi connectivity index (χ3v) is 4.59. The molecule has 1 fully saturated rings. The van der Waals surface area contributed by atoms with Crippen LogP contribution in [0.2, 0.25) is 0 Å². The molecular weight excluding hydrogens is 290 g/mol. The van der Waals surface area contributed by atoms with Crippen LogP contribution >= 0.6 is 11.8 Å². The summed E-state index contributed by atoms with van der Waals surface area (Å²) in [5.74, 6) is 0. The first-order valence-corrected chi connectivity index (χ1v) is 8.83. The fourth-order valence-corrected chi connectivity index (χ4v) is 3.00. The minimum absolute atomic E-state index is 0.810. The van der Waals surface area contributed by atoms with Crippen molar-refractivity contribution in [3.05, 3.63) is 71.9 Å².